The zero-order chi connectivity index (χ0) is 24.3. The number of pyridine rings is 1. The Bertz CT molecular complexity index is 1530. The maximum absolute atomic E-state index is 12.2. The Morgan fingerprint density at radius 1 is 0.944 bits per heavy atom. The number of halogens is 2. The number of rotatable bonds is 8. The lowest BCUT2D eigenvalue weighted by atomic mass is 10.1. The second-order valence-electron chi connectivity index (χ2n) is 7.39. The van der Waals surface area contributed by atoms with Crippen molar-refractivity contribution in [1.82, 2.24) is 4.98 Å². The number of nitro groups is 1. The number of nitro benzene ring substituents is 1. The van der Waals surface area contributed by atoms with Gasteiger partial charge >= 0.3 is 0 Å². The average Bonchev–Trinajstić information content (AvgIpc) is 2.79. The van der Waals surface area contributed by atoms with Crippen LogP contribution in [0.1, 0.15) is 0 Å². The van der Waals surface area contributed by atoms with E-state index < -0.39 is 14.9 Å². The monoisotopic (exact) mass is 551 g/mol. The number of nitrogens with zero attached hydrogens (tertiary/aromatic N) is 3. The summed E-state index contributed by atoms with van der Waals surface area (Å²) in [6.07, 6.45) is 0. The van der Waals surface area contributed by atoms with Gasteiger partial charge in [0.05, 0.1) is 33.9 Å². The second-order valence-corrected chi connectivity index (χ2v) is 9.23. The highest BCUT2D eigenvalue weighted by Gasteiger charge is 2.14. The lowest BCUT2D eigenvalue weighted by molar-refractivity contribution is -0.384. The van der Waals surface area contributed by atoms with E-state index >= 15 is 0 Å². The fourth-order valence-electron chi connectivity index (χ4n) is 3.42. The topological polar surface area (TPSA) is 179 Å². The normalized spacial score (nSPS) is 10.7. The van der Waals surface area contributed by atoms with Crippen LogP contribution in [0.3, 0.4) is 0 Å². The molecule has 0 fully saturated rings. The molecule has 0 atom stereocenters. The molecule has 0 unspecified atom stereocenters. The SMILES string of the molecule is Cl.Cl.NC(N)=NCCS(=O)(=O)Nc1ccc(Nc2c3ccccc3nc3cc([N+](=O)[O-])ccc23)cc1. The fourth-order valence-corrected chi connectivity index (χ4v) is 4.35. The van der Waals surface area contributed by atoms with E-state index in [9.17, 15) is 18.5 Å². The Morgan fingerprint density at radius 2 is 1.58 bits per heavy atom. The van der Waals surface area contributed by atoms with Gasteiger partial charge < -0.3 is 16.8 Å². The van der Waals surface area contributed by atoms with Crippen LogP contribution in [0, 0.1) is 10.1 Å². The molecule has 4 rings (SSSR count). The van der Waals surface area contributed by atoms with E-state index in [0.29, 0.717) is 27.8 Å². The summed E-state index contributed by atoms with van der Waals surface area (Å²) in [5, 5.41) is 16.1. The van der Waals surface area contributed by atoms with Gasteiger partial charge in [0, 0.05) is 34.3 Å². The van der Waals surface area contributed by atoms with E-state index in [-0.39, 0.29) is 48.8 Å². The summed E-state index contributed by atoms with van der Waals surface area (Å²) < 4.78 is 26.9. The fraction of sp³-hybridized carbons (Fsp3) is 0.0909. The van der Waals surface area contributed by atoms with E-state index in [1.165, 1.54) is 12.1 Å². The number of guanidine groups is 1. The third-order valence-electron chi connectivity index (χ3n) is 4.96. The lowest BCUT2D eigenvalue weighted by Gasteiger charge is -2.14. The van der Waals surface area contributed by atoms with Gasteiger partial charge in [-0.2, -0.15) is 0 Å². The summed E-state index contributed by atoms with van der Waals surface area (Å²) >= 11 is 0. The van der Waals surface area contributed by atoms with Crippen LogP contribution in [-0.2, 0) is 10.0 Å². The zero-order valence-corrected chi connectivity index (χ0v) is 21.1. The smallest absolute Gasteiger partial charge is 0.271 e. The van der Waals surface area contributed by atoms with Crippen LogP contribution in [0.15, 0.2) is 71.7 Å². The average molecular weight is 552 g/mol. The molecule has 0 aliphatic heterocycles. The predicted octanol–water partition coefficient (Wildman–Crippen LogP) is 3.90. The number of non-ortho nitro benzene ring substituents is 1. The molecule has 0 saturated carbocycles. The molecular weight excluding hydrogens is 529 g/mol. The van der Waals surface area contributed by atoms with Crippen molar-refractivity contribution in [3.63, 3.8) is 0 Å². The third kappa shape index (κ3) is 6.62. The first-order valence-electron chi connectivity index (χ1n) is 10.1. The van der Waals surface area contributed by atoms with Crippen LogP contribution >= 0.6 is 24.8 Å². The number of sulfonamides is 1. The molecule has 36 heavy (non-hydrogen) atoms. The Hall–Kier alpha value is -3.87. The first kappa shape index (κ1) is 28.4. The minimum Gasteiger partial charge on any atom is -0.370 e. The van der Waals surface area contributed by atoms with Crippen LogP contribution in [0.4, 0.5) is 22.7 Å². The Balaban J connectivity index is 0.00000228. The van der Waals surface area contributed by atoms with Gasteiger partial charge in [-0.05, 0) is 36.4 Å². The summed E-state index contributed by atoms with van der Waals surface area (Å²) in [7, 11) is -3.62. The van der Waals surface area contributed by atoms with Gasteiger partial charge in [-0.3, -0.25) is 19.8 Å². The number of hydrogen-bond acceptors (Lipinski definition) is 7. The molecule has 1 aromatic heterocycles. The number of nitrogens with two attached hydrogens (primary N) is 2. The van der Waals surface area contributed by atoms with E-state index in [4.69, 9.17) is 11.5 Å². The number of aromatic nitrogens is 1. The minimum absolute atomic E-state index is 0. The van der Waals surface area contributed by atoms with Crippen molar-refractivity contribution >= 4 is 85.4 Å². The summed E-state index contributed by atoms with van der Waals surface area (Å²) in [6.45, 7) is -0.0440. The molecule has 11 nitrogen and oxygen atoms in total. The number of para-hydroxylation sites is 1. The molecule has 6 N–H and O–H groups in total. The number of nitrogens with one attached hydrogen (secondary N) is 2. The predicted molar refractivity (Wildman–Crippen MR) is 148 cm³/mol. The van der Waals surface area contributed by atoms with Gasteiger partial charge in [0.1, 0.15) is 0 Å². The Morgan fingerprint density at radius 3 is 2.25 bits per heavy atom. The molecule has 4 aromatic rings. The molecule has 0 saturated heterocycles. The van der Waals surface area contributed by atoms with E-state index in [1.54, 1.807) is 30.3 Å². The summed E-state index contributed by atoms with van der Waals surface area (Å²) in [4.78, 5) is 19.0. The number of aliphatic imine (C=N–C) groups is 1. The Kier molecular flexibility index (Phi) is 9.23. The highest BCUT2D eigenvalue weighted by atomic mass is 35.5. The molecule has 0 aliphatic carbocycles. The van der Waals surface area contributed by atoms with Gasteiger partial charge in [0.15, 0.2) is 5.96 Å². The van der Waals surface area contributed by atoms with Crippen LogP contribution in [0.2, 0.25) is 0 Å². The molecule has 0 radical (unpaired) electrons. The number of hydrogen-bond donors (Lipinski definition) is 4. The van der Waals surface area contributed by atoms with E-state index in [2.05, 4.69) is 20.0 Å². The molecule has 3 aromatic carbocycles. The minimum atomic E-state index is -3.62. The van der Waals surface area contributed by atoms with Gasteiger partial charge in [-0.15, -0.1) is 24.8 Å². The molecule has 0 spiro atoms. The van der Waals surface area contributed by atoms with Crippen molar-refractivity contribution in [3.8, 4) is 0 Å². The maximum Gasteiger partial charge on any atom is 0.271 e. The zero-order valence-electron chi connectivity index (χ0n) is 18.6. The summed E-state index contributed by atoms with van der Waals surface area (Å²) in [5.74, 6) is -0.428. The van der Waals surface area contributed by atoms with Crippen LogP contribution in [-0.4, -0.2) is 36.6 Å². The van der Waals surface area contributed by atoms with Crippen LogP contribution in [0.25, 0.3) is 21.8 Å². The standard InChI is InChI=1S/C22H21N7O4S.2ClH/c23-22(24)25-11-12-34(32,33)28-15-7-5-14(6-8-15)26-21-17-3-1-2-4-19(17)27-20-13-16(29(30)31)9-10-18(20)21;;/h1-10,13,28H,11-12H2,(H,26,27)(H4,23,24,25);2*1H. The van der Waals surface area contributed by atoms with Crippen LogP contribution < -0.4 is 21.5 Å². The molecule has 0 bridgehead atoms. The first-order valence-corrected chi connectivity index (χ1v) is 11.8. The largest absolute Gasteiger partial charge is 0.370 e. The van der Waals surface area contributed by atoms with Crippen molar-refractivity contribution in [3.05, 3.63) is 76.8 Å². The van der Waals surface area contributed by atoms with Gasteiger partial charge in [0.2, 0.25) is 10.0 Å². The molecular formula is C22H23Cl2N7O4S. The highest BCUT2D eigenvalue weighted by Crippen LogP contribution is 2.34. The van der Waals surface area contributed by atoms with Crippen LogP contribution in [0.5, 0.6) is 0 Å². The van der Waals surface area contributed by atoms with Crippen molar-refractivity contribution in [2.45, 2.75) is 0 Å². The second kappa shape index (κ2) is 11.7. The number of anilines is 3. The number of fused-ring (bicyclic) bond motifs is 2. The number of benzene rings is 3. The molecule has 1 heterocycles. The summed E-state index contributed by atoms with van der Waals surface area (Å²) in [6, 6.07) is 18.7. The molecule has 14 heteroatoms. The van der Waals surface area contributed by atoms with E-state index in [0.717, 1.165) is 11.1 Å². The van der Waals surface area contributed by atoms with Gasteiger partial charge in [-0.1, -0.05) is 18.2 Å². The first-order chi connectivity index (χ1) is 16.2. The third-order valence-corrected chi connectivity index (χ3v) is 6.22. The maximum atomic E-state index is 12.2. The van der Waals surface area contributed by atoms with Crippen molar-refractivity contribution in [2.24, 2.45) is 16.5 Å². The summed E-state index contributed by atoms with van der Waals surface area (Å²) in [5.41, 5.74) is 13.4. The van der Waals surface area contributed by atoms with Crippen molar-refractivity contribution in [2.75, 3.05) is 22.3 Å². The quantitative estimate of drug-likeness (QED) is 0.0835. The van der Waals surface area contributed by atoms with Crippen molar-refractivity contribution in [1.29, 1.82) is 0 Å². The lowest BCUT2D eigenvalue weighted by Crippen LogP contribution is -2.25. The van der Waals surface area contributed by atoms with Gasteiger partial charge in [0.25, 0.3) is 5.69 Å². The van der Waals surface area contributed by atoms with Gasteiger partial charge in [-0.25, -0.2) is 13.4 Å². The van der Waals surface area contributed by atoms with Crippen molar-refractivity contribution < 1.29 is 13.3 Å². The molecule has 190 valence electrons. The van der Waals surface area contributed by atoms with E-state index in [1.807, 2.05) is 24.3 Å². The molecule has 0 amide bonds. The Labute approximate surface area is 219 Å². The highest BCUT2D eigenvalue weighted by molar-refractivity contribution is 7.92. The molecule has 0 aliphatic rings.